The first-order valence-electron chi connectivity index (χ1n) is 9.83. The van der Waals surface area contributed by atoms with Gasteiger partial charge in [-0.15, -0.1) is 0 Å². The Bertz CT molecular complexity index is 1000. The molecule has 0 bridgehead atoms. The number of hydrogen-bond donors (Lipinski definition) is 0. The minimum Gasteiger partial charge on any atom is -0.423 e. The van der Waals surface area contributed by atoms with Crippen molar-refractivity contribution in [3.63, 3.8) is 0 Å². The summed E-state index contributed by atoms with van der Waals surface area (Å²) in [6.07, 6.45) is 3.02. The summed E-state index contributed by atoms with van der Waals surface area (Å²) in [6.45, 7) is 2.57. The molecular weight excluding hydrogens is 357 g/mol. The predicted molar refractivity (Wildman–Crippen MR) is 105 cm³/mol. The average Bonchev–Trinajstić information content (AvgIpc) is 3.48. The molecule has 2 heterocycles. The van der Waals surface area contributed by atoms with Gasteiger partial charge in [0.25, 0.3) is 6.01 Å². The molecule has 0 N–H and O–H groups in total. The summed E-state index contributed by atoms with van der Waals surface area (Å²) in [6, 6.07) is 13.3. The lowest BCUT2D eigenvalue weighted by Gasteiger charge is -2.33. The van der Waals surface area contributed by atoms with Gasteiger partial charge in [0.05, 0.1) is 6.42 Å². The maximum atomic E-state index is 13.3. The second-order valence-corrected chi connectivity index (χ2v) is 7.67. The molecule has 0 unspecified atom stereocenters. The van der Waals surface area contributed by atoms with E-state index in [2.05, 4.69) is 29.2 Å². The molecule has 0 radical (unpaired) electrons. The van der Waals surface area contributed by atoms with E-state index in [1.54, 1.807) is 6.07 Å². The number of carbonyl (C=O) groups excluding carboxylic acids is 1. The zero-order valence-corrected chi connectivity index (χ0v) is 15.6. The Morgan fingerprint density at radius 3 is 2.54 bits per heavy atom. The largest absolute Gasteiger partial charge is 0.423 e. The molecule has 1 saturated carbocycles. The van der Waals surface area contributed by atoms with Crippen molar-refractivity contribution in [2.75, 3.05) is 31.1 Å². The number of amides is 1. The van der Waals surface area contributed by atoms with Gasteiger partial charge in [-0.3, -0.25) is 4.79 Å². The van der Waals surface area contributed by atoms with Gasteiger partial charge in [-0.1, -0.05) is 24.3 Å². The van der Waals surface area contributed by atoms with Gasteiger partial charge in [0, 0.05) is 32.2 Å². The Morgan fingerprint density at radius 1 is 1.07 bits per heavy atom. The van der Waals surface area contributed by atoms with Crippen LogP contribution in [0.4, 0.5) is 10.4 Å². The van der Waals surface area contributed by atoms with Crippen molar-refractivity contribution in [1.82, 2.24) is 9.88 Å². The summed E-state index contributed by atoms with van der Waals surface area (Å²) >= 11 is 0. The minimum absolute atomic E-state index is 0.151. The topological polar surface area (TPSA) is 49.6 Å². The maximum Gasteiger partial charge on any atom is 0.298 e. The van der Waals surface area contributed by atoms with Gasteiger partial charge in [-0.25, -0.2) is 4.39 Å². The monoisotopic (exact) mass is 379 g/mol. The van der Waals surface area contributed by atoms with E-state index in [1.807, 2.05) is 9.80 Å². The molecule has 28 heavy (non-hydrogen) atoms. The van der Waals surface area contributed by atoms with E-state index in [0.717, 1.165) is 11.5 Å². The highest BCUT2D eigenvalue weighted by Gasteiger charge is 2.25. The van der Waals surface area contributed by atoms with Crippen LogP contribution < -0.4 is 4.90 Å². The van der Waals surface area contributed by atoms with E-state index in [1.165, 1.54) is 30.5 Å². The third-order valence-electron chi connectivity index (χ3n) is 5.63. The molecule has 6 heteroatoms. The van der Waals surface area contributed by atoms with Crippen LogP contribution in [0.1, 0.15) is 29.9 Å². The van der Waals surface area contributed by atoms with E-state index in [4.69, 9.17) is 4.42 Å². The van der Waals surface area contributed by atoms with Crippen molar-refractivity contribution >= 4 is 23.0 Å². The molecule has 144 valence electrons. The maximum absolute atomic E-state index is 13.3. The van der Waals surface area contributed by atoms with E-state index in [-0.39, 0.29) is 11.7 Å². The molecule has 5 nitrogen and oxygen atoms in total. The molecule has 1 aromatic heterocycles. The van der Waals surface area contributed by atoms with Gasteiger partial charge in [0.2, 0.25) is 5.91 Å². The van der Waals surface area contributed by atoms with Crippen molar-refractivity contribution in [2.24, 2.45) is 0 Å². The van der Waals surface area contributed by atoms with E-state index >= 15 is 0 Å². The van der Waals surface area contributed by atoms with Crippen molar-refractivity contribution < 1.29 is 13.6 Å². The van der Waals surface area contributed by atoms with Crippen LogP contribution >= 0.6 is 0 Å². The van der Waals surface area contributed by atoms with Crippen LogP contribution in [-0.2, 0) is 11.2 Å². The van der Waals surface area contributed by atoms with Crippen LogP contribution in [0.3, 0.4) is 0 Å². The number of oxazole rings is 1. The number of benzene rings is 2. The van der Waals surface area contributed by atoms with Gasteiger partial charge in [0.1, 0.15) is 11.3 Å². The Labute approximate surface area is 162 Å². The zero-order valence-electron chi connectivity index (χ0n) is 15.6. The van der Waals surface area contributed by atoms with Crippen LogP contribution in [0.25, 0.3) is 11.1 Å². The summed E-state index contributed by atoms with van der Waals surface area (Å²) < 4.78 is 19.1. The van der Waals surface area contributed by atoms with E-state index < -0.39 is 0 Å². The number of carbonyl (C=O) groups is 1. The Balaban J connectivity index is 1.19. The fourth-order valence-corrected chi connectivity index (χ4v) is 3.78. The van der Waals surface area contributed by atoms with E-state index in [9.17, 15) is 9.18 Å². The number of halogens is 1. The fourth-order valence-electron chi connectivity index (χ4n) is 3.78. The lowest BCUT2D eigenvalue weighted by molar-refractivity contribution is -0.130. The lowest BCUT2D eigenvalue weighted by Crippen LogP contribution is -2.49. The normalized spacial score (nSPS) is 17.3. The number of piperazine rings is 1. The first-order chi connectivity index (χ1) is 13.7. The summed E-state index contributed by atoms with van der Waals surface area (Å²) in [7, 11) is 0. The van der Waals surface area contributed by atoms with Crippen molar-refractivity contribution in [3.05, 3.63) is 59.4 Å². The third kappa shape index (κ3) is 3.46. The smallest absolute Gasteiger partial charge is 0.298 e. The predicted octanol–water partition coefficient (Wildman–Crippen LogP) is 3.74. The summed E-state index contributed by atoms with van der Waals surface area (Å²) in [5.74, 6) is 0.563. The molecule has 5 rings (SSSR count). The van der Waals surface area contributed by atoms with Gasteiger partial charge < -0.3 is 14.2 Å². The average molecular weight is 379 g/mol. The van der Waals surface area contributed by atoms with Crippen molar-refractivity contribution in [3.8, 4) is 0 Å². The van der Waals surface area contributed by atoms with E-state index in [0.29, 0.717) is 49.7 Å². The number of hydrogen-bond acceptors (Lipinski definition) is 4. The number of nitrogens with zero attached hydrogens (tertiary/aromatic N) is 3. The van der Waals surface area contributed by atoms with Crippen LogP contribution in [0.15, 0.2) is 46.9 Å². The molecule has 3 aromatic rings. The first-order valence-corrected chi connectivity index (χ1v) is 9.83. The summed E-state index contributed by atoms with van der Waals surface area (Å²) in [5.41, 5.74) is 3.55. The Morgan fingerprint density at radius 2 is 1.82 bits per heavy atom. The number of aromatic nitrogens is 1. The quantitative estimate of drug-likeness (QED) is 0.693. The summed E-state index contributed by atoms with van der Waals surface area (Å²) in [5, 5.41) is 0. The first kappa shape index (κ1) is 17.2. The molecule has 2 fully saturated rings. The molecule has 0 atom stereocenters. The zero-order chi connectivity index (χ0) is 19.1. The van der Waals surface area contributed by atoms with Gasteiger partial charge >= 0.3 is 0 Å². The van der Waals surface area contributed by atoms with Crippen LogP contribution in [0.5, 0.6) is 0 Å². The van der Waals surface area contributed by atoms with Gasteiger partial charge in [-0.2, -0.15) is 4.98 Å². The second kappa shape index (κ2) is 6.93. The Kier molecular flexibility index (Phi) is 4.26. The molecule has 1 amide bonds. The highest BCUT2D eigenvalue weighted by molar-refractivity contribution is 5.79. The molecule has 1 aliphatic carbocycles. The third-order valence-corrected chi connectivity index (χ3v) is 5.63. The van der Waals surface area contributed by atoms with Gasteiger partial charge in [-0.05, 0) is 42.0 Å². The van der Waals surface area contributed by atoms with Gasteiger partial charge in [0.15, 0.2) is 5.58 Å². The molecule has 2 aromatic carbocycles. The molecular formula is C22H22FN3O2. The summed E-state index contributed by atoms with van der Waals surface area (Å²) in [4.78, 5) is 20.9. The number of fused-ring (bicyclic) bond motifs is 1. The standard InChI is InChI=1S/C22H22FN3O2/c23-18-7-8-20-19(14-18)24-22(28-20)26-11-9-25(10-12-26)21(27)13-15-1-3-16(4-2-15)17-5-6-17/h1-4,7-8,14,17H,5-6,9-13H2. The van der Waals surface area contributed by atoms with Crippen LogP contribution in [-0.4, -0.2) is 42.0 Å². The molecule has 2 aliphatic rings. The van der Waals surface area contributed by atoms with Crippen LogP contribution in [0, 0.1) is 5.82 Å². The highest BCUT2D eigenvalue weighted by atomic mass is 19.1. The number of rotatable bonds is 4. The molecule has 1 saturated heterocycles. The molecule has 0 spiro atoms. The second-order valence-electron chi connectivity index (χ2n) is 7.67. The van der Waals surface area contributed by atoms with Crippen LogP contribution in [0.2, 0.25) is 0 Å². The molecule has 1 aliphatic heterocycles. The van der Waals surface area contributed by atoms with Crippen molar-refractivity contribution in [1.29, 1.82) is 0 Å². The lowest BCUT2D eigenvalue weighted by atomic mass is 10.1. The van der Waals surface area contributed by atoms with Crippen molar-refractivity contribution in [2.45, 2.75) is 25.2 Å². The Hall–Kier alpha value is -2.89. The minimum atomic E-state index is -0.326. The highest BCUT2D eigenvalue weighted by Crippen LogP contribution is 2.39. The fraction of sp³-hybridized carbons (Fsp3) is 0.364. The number of anilines is 1. The SMILES string of the molecule is O=C(Cc1ccc(C2CC2)cc1)N1CCN(c2nc3cc(F)ccc3o2)CC1.